The van der Waals surface area contributed by atoms with E-state index in [9.17, 15) is 0 Å². The van der Waals surface area contributed by atoms with Crippen molar-refractivity contribution in [3.63, 3.8) is 0 Å². The lowest BCUT2D eigenvalue weighted by molar-refractivity contribution is -0.0240. The maximum absolute atomic E-state index is 5.58. The average Bonchev–Trinajstić information content (AvgIpc) is 2.79. The Labute approximate surface area is 92.2 Å². The molecule has 3 rings (SSSR count). The molecule has 4 atom stereocenters. The van der Waals surface area contributed by atoms with Crippen LogP contribution in [0, 0.1) is 5.92 Å². The highest BCUT2D eigenvalue weighted by molar-refractivity contribution is 4.98. The van der Waals surface area contributed by atoms with Crippen molar-refractivity contribution < 1.29 is 4.74 Å². The summed E-state index contributed by atoms with van der Waals surface area (Å²) in [6.07, 6.45) is 4.68. The second kappa shape index (κ2) is 4.04. The molecule has 0 aromatic heterocycles. The molecule has 4 unspecified atom stereocenters. The van der Waals surface area contributed by atoms with E-state index in [0.29, 0.717) is 6.10 Å². The van der Waals surface area contributed by atoms with Crippen molar-refractivity contribution in [3.05, 3.63) is 0 Å². The molecule has 3 heteroatoms. The first kappa shape index (κ1) is 10.1. The van der Waals surface area contributed by atoms with Crippen molar-refractivity contribution in [2.24, 2.45) is 5.92 Å². The van der Waals surface area contributed by atoms with Crippen LogP contribution in [0.3, 0.4) is 0 Å². The van der Waals surface area contributed by atoms with Crippen molar-refractivity contribution in [1.29, 1.82) is 0 Å². The zero-order valence-corrected chi connectivity index (χ0v) is 9.61. The monoisotopic (exact) mass is 210 g/mol. The third-order valence-corrected chi connectivity index (χ3v) is 4.25. The molecule has 0 radical (unpaired) electrons. The Kier molecular flexibility index (Phi) is 2.71. The number of rotatable bonds is 2. The highest BCUT2D eigenvalue weighted by Crippen LogP contribution is 2.33. The van der Waals surface area contributed by atoms with Crippen LogP contribution in [0.15, 0.2) is 0 Å². The molecule has 3 nitrogen and oxygen atoms in total. The Morgan fingerprint density at radius 2 is 2.33 bits per heavy atom. The number of nitrogens with zero attached hydrogens (tertiary/aromatic N) is 1. The molecular formula is C12H22N2O. The Hall–Kier alpha value is -0.120. The van der Waals surface area contributed by atoms with E-state index in [2.05, 4.69) is 17.1 Å². The van der Waals surface area contributed by atoms with Gasteiger partial charge in [0.25, 0.3) is 0 Å². The minimum atomic E-state index is 0.435. The summed E-state index contributed by atoms with van der Waals surface area (Å²) >= 11 is 0. The molecule has 3 aliphatic rings. The number of fused-ring (bicyclic) bond motifs is 2. The zero-order valence-electron chi connectivity index (χ0n) is 9.61. The fraction of sp³-hybridized carbons (Fsp3) is 1.00. The van der Waals surface area contributed by atoms with Crippen LogP contribution in [0.5, 0.6) is 0 Å². The van der Waals surface area contributed by atoms with Gasteiger partial charge in [0.1, 0.15) is 0 Å². The molecule has 1 N–H and O–H groups in total. The molecular weight excluding hydrogens is 188 g/mol. The molecule has 3 heterocycles. The second-order valence-electron chi connectivity index (χ2n) is 5.48. The first-order chi connectivity index (χ1) is 7.31. The van der Waals surface area contributed by atoms with Crippen LogP contribution in [0.4, 0.5) is 0 Å². The van der Waals surface area contributed by atoms with Gasteiger partial charge in [0.05, 0.1) is 12.7 Å². The second-order valence-corrected chi connectivity index (χ2v) is 5.48. The lowest BCUT2D eigenvalue weighted by atomic mass is 9.88. The van der Waals surface area contributed by atoms with Gasteiger partial charge < -0.3 is 10.1 Å². The number of hydrogen-bond acceptors (Lipinski definition) is 3. The fourth-order valence-corrected chi connectivity index (χ4v) is 3.53. The third kappa shape index (κ3) is 2.05. The van der Waals surface area contributed by atoms with E-state index in [1.54, 1.807) is 0 Å². The Balaban J connectivity index is 1.52. The molecule has 0 amide bonds. The number of ether oxygens (including phenoxy) is 1. The first-order valence-electron chi connectivity index (χ1n) is 6.41. The minimum absolute atomic E-state index is 0.435. The summed E-state index contributed by atoms with van der Waals surface area (Å²) in [6.45, 7) is 6.68. The lowest BCUT2D eigenvalue weighted by Gasteiger charge is -2.34. The minimum Gasteiger partial charge on any atom is -0.376 e. The van der Waals surface area contributed by atoms with E-state index < -0.39 is 0 Å². The molecule has 0 spiro atoms. The van der Waals surface area contributed by atoms with Crippen LogP contribution in [-0.2, 0) is 4.74 Å². The molecule has 0 aromatic carbocycles. The van der Waals surface area contributed by atoms with Crippen molar-refractivity contribution in [3.8, 4) is 0 Å². The smallest absolute Gasteiger partial charge is 0.0674 e. The lowest BCUT2D eigenvalue weighted by Crippen LogP contribution is -2.45. The van der Waals surface area contributed by atoms with Gasteiger partial charge in [-0.05, 0) is 32.1 Å². The molecule has 3 aliphatic heterocycles. The number of nitrogens with one attached hydrogen (secondary N) is 1. The van der Waals surface area contributed by atoms with Crippen molar-refractivity contribution in [2.75, 3.05) is 26.2 Å². The van der Waals surface area contributed by atoms with Crippen LogP contribution in [0.1, 0.15) is 26.2 Å². The molecule has 86 valence electrons. The Morgan fingerprint density at radius 1 is 1.40 bits per heavy atom. The van der Waals surface area contributed by atoms with Crippen molar-refractivity contribution in [2.45, 2.75) is 44.4 Å². The van der Waals surface area contributed by atoms with Gasteiger partial charge in [0, 0.05) is 31.7 Å². The molecule has 0 saturated carbocycles. The topological polar surface area (TPSA) is 24.5 Å². The third-order valence-electron chi connectivity index (χ3n) is 4.25. The van der Waals surface area contributed by atoms with Crippen LogP contribution < -0.4 is 5.32 Å². The highest BCUT2D eigenvalue weighted by Gasteiger charge is 2.39. The summed E-state index contributed by atoms with van der Waals surface area (Å²) in [4.78, 5) is 2.60. The van der Waals surface area contributed by atoms with E-state index >= 15 is 0 Å². The molecule has 0 aliphatic carbocycles. The van der Waals surface area contributed by atoms with Gasteiger partial charge in [0.2, 0.25) is 0 Å². The van der Waals surface area contributed by atoms with Gasteiger partial charge >= 0.3 is 0 Å². The number of morpholine rings is 1. The van der Waals surface area contributed by atoms with E-state index in [1.165, 1.54) is 25.8 Å². The standard InChI is InChI=1S/C12H22N2O/c1-9-7-14(4-5-15-9)8-10-6-11-2-3-12(10)13-11/h9-13H,2-8H2,1H3. The molecule has 0 aromatic rings. The highest BCUT2D eigenvalue weighted by atomic mass is 16.5. The van der Waals surface area contributed by atoms with Gasteiger partial charge in [-0.15, -0.1) is 0 Å². The largest absolute Gasteiger partial charge is 0.376 e. The Bertz CT molecular complexity index is 234. The van der Waals surface area contributed by atoms with Crippen LogP contribution in [0.25, 0.3) is 0 Å². The molecule has 3 saturated heterocycles. The maximum atomic E-state index is 5.58. The van der Waals surface area contributed by atoms with Crippen LogP contribution in [-0.4, -0.2) is 49.3 Å². The average molecular weight is 210 g/mol. The van der Waals surface area contributed by atoms with E-state index in [1.807, 2.05) is 0 Å². The zero-order chi connectivity index (χ0) is 10.3. The first-order valence-corrected chi connectivity index (χ1v) is 6.41. The summed E-state index contributed by atoms with van der Waals surface area (Å²) in [7, 11) is 0. The maximum Gasteiger partial charge on any atom is 0.0674 e. The quantitative estimate of drug-likeness (QED) is 0.731. The Morgan fingerprint density at radius 3 is 3.00 bits per heavy atom. The summed E-state index contributed by atoms with van der Waals surface area (Å²) < 4.78 is 5.58. The summed E-state index contributed by atoms with van der Waals surface area (Å²) in [5.74, 6) is 0.911. The van der Waals surface area contributed by atoms with Gasteiger partial charge in [-0.2, -0.15) is 0 Å². The molecule has 3 fully saturated rings. The van der Waals surface area contributed by atoms with Crippen molar-refractivity contribution >= 4 is 0 Å². The van der Waals surface area contributed by atoms with E-state index in [0.717, 1.165) is 37.7 Å². The van der Waals surface area contributed by atoms with Crippen molar-refractivity contribution in [1.82, 2.24) is 10.2 Å². The van der Waals surface area contributed by atoms with Gasteiger partial charge in [-0.25, -0.2) is 0 Å². The van der Waals surface area contributed by atoms with Crippen LogP contribution >= 0.6 is 0 Å². The van der Waals surface area contributed by atoms with Gasteiger partial charge in [0.15, 0.2) is 0 Å². The van der Waals surface area contributed by atoms with Gasteiger partial charge in [-0.3, -0.25) is 4.90 Å². The fourth-order valence-electron chi connectivity index (χ4n) is 3.53. The summed E-state index contributed by atoms with van der Waals surface area (Å²) in [5.41, 5.74) is 0. The SMILES string of the molecule is CC1CN(CC2CC3CCC2N3)CCO1. The normalized spacial score (nSPS) is 46.2. The van der Waals surface area contributed by atoms with E-state index in [4.69, 9.17) is 4.74 Å². The van der Waals surface area contributed by atoms with Crippen LogP contribution in [0.2, 0.25) is 0 Å². The predicted octanol–water partition coefficient (Wildman–Crippen LogP) is 0.848. The van der Waals surface area contributed by atoms with Gasteiger partial charge in [-0.1, -0.05) is 0 Å². The number of hydrogen-bond donors (Lipinski definition) is 1. The molecule has 2 bridgehead atoms. The molecule has 15 heavy (non-hydrogen) atoms. The van der Waals surface area contributed by atoms with E-state index in [-0.39, 0.29) is 0 Å². The summed E-state index contributed by atoms with van der Waals surface area (Å²) in [6, 6.07) is 1.67. The summed E-state index contributed by atoms with van der Waals surface area (Å²) in [5, 5.41) is 3.72. The predicted molar refractivity (Wildman–Crippen MR) is 59.9 cm³/mol.